The molecule has 1 amide bonds. The molecule has 0 atom stereocenters. The van der Waals surface area contributed by atoms with Crippen molar-refractivity contribution in [3.8, 4) is 16.3 Å². The number of carbonyl (C=O) groups is 1. The van der Waals surface area contributed by atoms with Crippen LogP contribution in [-0.2, 0) is 0 Å². The third kappa shape index (κ3) is 2.51. The Bertz CT molecular complexity index is 538. The molecule has 0 saturated heterocycles. The zero-order chi connectivity index (χ0) is 13.0. The van der Waals surface area contributed by atoms with E-state index in [-0.39, 0.29) is 0 Å². The lowest BCUT2D eigenvalue weighted by Crippen LogP contribution is -2.13. The molecule has 0 spiro atoms. The second-order valence-electron chi connectivity index (χ2n) is 3.73. The van der Waals surface area contributed by atoms with E-state index in [0.717, 1.165) is 17.0 Å². The third-order valence-corrected chi connectivity index (χ3v) is 3.20. The number of nitrogens with zero attached hydrogens (tertiary/aromatic N) is 1. The summed E-state index contributed by atoms with van der Waals surface area (Å²) in [6, 6.07) is 5.34. The van der Waals surface area contributed by atoms with Crippen LogP contribution in [0.3, 0.4) is 0 Å². The molecule has 94 valence electrons. The summed E-state index contributed by atoms with van der Waals surface area (Å²) in [5.41, 5.74) is 6.59. The molecule has 2 aromatic rings. The Kier molecular flexibility index (Phi) is 3.94. The summed E-state index contributed by atoms with van der Waals surface area (Å²) in [5, 5.41) is 2.71. The number of nitrogens with two attached hydrogens (primary N) is 1. The van der Waals surface area contributed by atoms with E-state index < -0.39 is 5.91 Å². The molecule has 0 aliphatic rings. The van der Waals surface area contributed by atoms with Gasteiger partial charge in [-0.3, -0.25) is 4.79 Å². The smallest absolute Gasteiger partial charge is 0.252 e. The van der Waals surface area contributed by atoms with E-state index in [1.165, 1.54) is 11.3 Å². The minimum Gasteiger partial charge on any atom is -0.492 e. The fourth-order valence-corrected chi connectivity index (χ4v) is 2.28. The number of rotatable bonds is 5. The lowest BCUT2D eigenvalue weighted by atomic mass is 10.1. The van der Waals surface area contributed by atoms with Crippen molar-refractivity contribution in [1.29, 1.82) is 0 Å². The number of primary amides is 1. The van der Waals surface area contributed by atoms with Crippen LogP contribution >= 0.6 is 11.3 Å². The first kappa shape index (κ1) is 12.6. The Morgan fingerprint density at radius 3 is 2.94 bits per heavy atom. The number of para-hydroxylation sites is 1. The van der Waals surface area contributed by atoms with Crippen molar-refractivity contribution < 1.29 is 9.53 Å². The summed E-state index contributed by atoms with van der Waals surface area (Å²) in [6.45, 7) is 2.55. The van der Waals surface area contributed by atoms with Crippen LogP contribution in [0.5, 0.6) is 5.75 Å². The number of carbonyl (C=O) groups excluding carboxylic acids is 1. The maximum Gasteiger partial charge on any atom is 0.252 e. The normalized spacial score (nSPS) is 10.3. The van der Waals surface area contributed by atoms with Crippen LogP contribution in [0.1, 0.15) is 23.7 Å². The number of amides is 1. The Morgan fingerprint density at radius 2 is 2.33 bits per heavy atom. The van der Waals surface area contributed by atoms with E-state index in [4.69, 9.17) is 10.5 Å². The summed E-state index contributed by atoms with van der Waals surface area (Å²) in [7, 11) is 0. The van der Waals surface area contributed by atoms with Crippen molar-refractivity contribution >= 4 is 17.2 Å². The fourth-order valence-electron chi connectivity index (χ4n) is 1.62. The summed E-state index contributed by atoms with van der Waals surface area (Å²) < 4.78 is 5.67. The van der Waals surface area contributed by atoms with Crippen LogP contribution in [0.4, 0.5) is 0 Å². The second-order valence-corrected chi connectivity index (χ2v) is 4.63. The molecule has 1 aromatic heterocycles. The van der Waals surface area contributed by atoms with Gasteiger partial charge in [0.1, 0.15) is 10.8 Å². The monoisotopic (exact) mass is 262 g/mol. The van der Waals surface area contributed by atoms with Crippen molar-refractivity contribution in [1.82, 2.24) is 4.98 Å². The van der Waals surface area contributed by atoms with Crippen LogP contribution in [0.25, 0.3) is 10.6 Å². The number of thiazole rings is 1. The van der Waals surface area contributed by atoms with Gasteiger partial charge in [-0.15, -0.1) is 11.3 Å². The minimum atomic E-state index is -0.487. The van der Waals surface area contributed by atoms with Gasteiger partial charge in [-0.05, 0) is 18.6 Å². The van der Waals surface area contributed by atoms with Crippen LogP contribution in [-0.4, -0.2) is 17.5 Å². The molecule has 1 aromatic carbocycles. The average Bonchev–Trinajstić information content (AvgIpc) is 2.89. The zero-order valence-electron chi connectivity index (χ0n) is 10.1. The number of ether oxygens (including phenoxy) is 1. The highest BCUT2D eigenvalue weighted by Crippen LogP contribution is 2.34. The standard InChI is InChI=1S/C13H14N2O2S/c1-2-7-17-11-9(12(14)16)4-3-5-10(11)13-15-6-8-18-13/h3-6,8H,2,7H2,1H3,(H2,14,16). The fraction of sp³-hybridized carbons (Fsp3) is 0.231. The molecule has 2 N–H and O–H groups in total. The topological polar surface area (TPSA) is 65.2 Å². The quantitative estimate of drug-likeness (QED) is 0.901. The van der Waals surface area contributed by atoms with Gasteiger partial charge in [0, 0.05) is 11.6 Å². The van der Waals surface area contributed by atoms with E-state index >= 15 is 0 Å². The molecule has 0 unspecified atom stereocenters. The van der Waals surface area contributed by atoms with Crippen molar-refractivity contribution in [3.05, 3.63) is 35.3 Å². The second kappa shape index (κ2) is 5.64. The number of benzene rings is 1. The van der Waals surface area contributed by atoms with Crippen LogP contribution in [0.2, 0.25) is 0 Å². The van der Waals surface area contributed by atoms with E-state index in [2.05, 4.69) is 4.98 Å². The molecule has 0 aliphatic carbocycles. The molecule has 18 heavy (non-hydrogen) atoms. The summed E-state index contributed by atoms with van der Waals surface area (Å²) in [6.07, 6.45) is 2.59. The highest BCUT2D eigenvalue weighted by molar-refractivity contribution is 7.13. The van der Waals surface area contributed by atoms with Gasteiger partial charge in [0.05, 0.1) is 17.7 Å². The van der Waals surface area contributed by atoms with Crippen LogP contribution < -0.4 is 10.5 Å². The molecule has 0 bridgehead atoms. The van der Waals surface area contributed by atoms with Gasteiger partial charge in [0.25, 0.3) is 5.91 Å². The predicted octanol–water partition coefficient (Wildman–Crippen LogP) is 2.70. The summed E-state index contributed by atoms with van der Waals surface area (Å²) in [4.78, 5) is 15.7. The largest absolute Gasteiger partial charge is 0.492 e. The first-order chi connectivity index (χ1) is 8.74. The van der Waals surface area contributed by atoms with Gasteiger partial charge in [0.15, 0.2) is 0 Å². The van der Waals surface area contributed by atoms with Crippen molar-refractivity contribution in [2.24, 2.45) is 5.73 Å². The lowest BCUT2D eigenvalue weighted by molar-refractivity contribution is 0.0996. The molecular weight excluding hydrogens is 248 g/mol. The molecule has 0 saturated carbocycles. The number of hydrogen-bond acceptors (Lipinski definition) is 4. The average molecular weight is 262 g/mol. The van der Waals surface area contributed by atoms with Gasteiger partial charge in [0.2, 0.25) is 0 Å². The van der Waals surface area contributed by atoms with Crippen LogP contribution in [0.15, 0.2) is 29.8 Å². The maximum atomic E-state index is 11.4. The van der Waals surface area contributed by atoms with E-state index in [1.807, 2.05) is 18.4 Å². The Morgan fingerprint density at radius 1 is 1.50 bits per heavy atom. The zero-order valence-corrected chi connectivity index (χ0v) is 10.9. The molecular formula is C13H14N2O2S. The van der Waals surface area contributed by atoms with Gasteiger partial charge >= 0.3 is 0 Å². The summed E-state index contributed by atoms with van der Waals surface area (Å²) >= 11 is 1.50. The third-order valence-electron chi connectivity index (χ3n) is 2.39. The van der Waals surface area contributed by atoms with Crippen molar-refractivity contribution in [3.63, 3.8) is 0 Å². The summed E-state index contributed by atoms with van der Waals surface area (Å²) in [5.74, 6) is 0.0429. The molecule has 0 fully saturated rings. The minimum absolute atomic E-state index is 0.399. The van der Waals surface area contributed by atoms with Gasteiger partial charge in [-0.2, -0.15) is 0 Å². The first-order valence-corrected chi connectivity index (χ1v) is 6.57. The highest BCUT2D eigenvalue weighted by Gasteiger charge is 2.16. The SMILES string of the molecule is CCCOc1c(C(N)=O)cccc1-c1nccs1. The number of hydrogen-bond donors (Lipinski definition) is 1. The predicted molar refractivity (Wildman–Crippen MR) is 71.9 cm³/mol. The van der Waals surface area contributed by atoms with E-state index in [9.17, 15) is 4.79 Å². The van der Waals surface area contributed by atoms with Gasteiger partial charge in [-0.1, -0.05) is 13.0 Å². The maximum absolute atomic E-state index is 11.4. The highest BCUT2D eigenvalue weighted by atomic mass is 32.1. The molecule has 0 radical (unpaired) electrons. The Labute approximate surface area is 109 Å². The first-order valence-electron chi connectivity index (χ1n) is 5.69. The van der Waals surface area contributed by atoms with Crippen molar-refractivity contribution in [2.75, 3.05) is 6.61 Å². The van der Waals surface area contributed by atoms with Gasteiger partial charge < -0.3 is 10.5 Å². The van der Waals surface area contributed by atoms with Crippen molar-refractivity contribution in [2.45, 2.75) is 13.3 Å². The lowest BCUT2D eigenvalue weighted by Gasteiger charge is -2.12. The number of aromatic nitrogens is 1. The van der Waals surface area contributed by atoms with Crippen LogP contribution in [0, 0.1) is 0 Å². The van der Waals surface area contributed by atoms with E-state index in [0.29, 0.717) is 17.9 Å². The molecule has 5 heteroatoms. The molecule has 4 nitrogen and oxygen atoms in total. The molecule has 0 aliphatic heterocycles. The Hall–Kier alpha value is -1.88. The Balaban J connectivity index is 2.51. The molecule has 1 heterocycles. The van der Waals surface area contributed by atoms with E-state index in [1.54, 1.807) is 18.3 Å². The molecule has 2 rings (SSSR count). The van der Waals surface area contributed by atoms with Gasteiger partial charge in [-0.25, -0.2) is 4.98 Å².